The average molecular weight is 200 g/mol. The summed E-state index contributed by atoms with van der Waals surface area (Å²) in [4.78, 5) is 0. The molecule has 0 aliphatic carbocycles. The topological polar surface area (TPSA) is 0 Å². The van der Waals surface area contributed by atoms with E-state index in [1.54, 1.807) is 0 Å². The van der Waals surface area contributed by atoms with E-state index in [4.69, 9.17) is 0 Å². The van der Waals surface area contributed by atoms with Crippen molar-refractivity contribution < 1.29 is 0 Å². The molecular formula is Ca5+10. The van der Waals surface area contributed by atoms with Gasteiger partial charge in [0.1, 0.15) is 0 Å². The van der Waals surface area contributed by atoms with Gasteiger partial charge in [-0.3, -0.25) is 0 Å². The van der Waals surface area contributed by atoms with Crippen molar-refractivity contribution in [2.24, 2.45) is 0 Å². The van der Waals surface area contributed by atoms with Crippen molar-refractivity contribution in [1.82, 2.24) is 0 Å². The quantitative estimate of drug-likeness (QED) is 0.401. The fourth-order valence-corrected chi connectivity index (χ4v) is 0. The van der Waals surface area contributed by atoms with Gasteiger partial charge in [0.05, 0.1) is 0 Å². The fraction of sp³-hybridized carbons (Fsp3) is 0. The third-order valence-electron chi connectivity index (χ3n) is 0. The summed E-state index contributed by atoms with van der Waals surface area (Å²) in [6.45, 7) is 0. The van der Waals surface area contributed by atoms with Crippen molar-refractivity contribution in [2.45, 2.75) is 0 Å². The van der Waals surface area contributed by atoms with Crippen LogP contribution in [0.2, 0.25) is 0 Å². The van der Waals surface area contributed by atoms with Crippen LogP contribution in [0.1, 0.15) is 0 Å². The van der Waals surface area contributed by atoms with Crippen LogP contribution in [-0.2, 0) is 0 Å². The Kier molecular flexibility index (Phi) is 136. The summed E-state index contributed by atoms with van der Waals surface area (Å²) in [5.74, 6) is 0. The summed E-state index contributed by atoms with van der Waals surface area (Å²) < 4.78 is 0. The average Bonchev–Trinajstić information content (AvgIpc) is 0. The first-order valence-corrected chi connectivity index (χ1v) is 0. The minimum Gasteiger partial charge on any atom is 2.00 e. The van der Waals surface area contributed by atoms with Crippen molar-refractivity contribution in [3.8, 4) is 0 Å². The first-order chi connectivity index (χ1) is 0. The standard InChI is InChI=1S/5Ca/q5*+2. The molecule has 0 heterocycles. The smallest absolute Gasteiger partial charge is 2.00 e. The third kappa shape index (κ3) is 17.9. The van der Waals surface area contributed by atoms with Crippen LogP contribution in [-0.4, -0.2) is 189 Å². The van der Waals surface area contributed by atoms with Gasteiger partial charge < -0.3 is 0 Å². The molecule has 0 saturated heterocycles. The Morgan fingerprint density at radius 2 is 0.200 bits per heavy atom. The zero-order valence-electron chi connectivity index (χ0n) is 3.54. The largest absolute Gasteiger partial charge is 2.00 e. The van der Waals surface area contributed by atoms with E-state index >= 15 is 0 Å². The van der Waals surface area contributed by atoms with Crippen molar-refractivity contribution in [2.75, 3.05) is 0 Å². The van der Waals surface area contributed by atoms with Gasteiger partial charge in [0.25, 0.3) is 0 Å². The van der Waals surface area contributed by atoms with Gasteiger partial charge in [0.2, 0.25) is 0 Å². The summed E-state index contributed by atoms with van der Waals surface area (Å²) in [5, 5.41) is 0. The van der Waals surface area contributed by atoms with E-state index in [-0.39, 0.29) is 189 Å². The number of hydrogen-bond acceptors (Lipinski definition) is 0. The summed E-state index contributed by atoms with van der Waals surface area (Å²) in [6, 6.07) is 0. The zero-order valence-corrected chi connectivity index (χ0v) is 14.6. The molecule has 5 heavy (non-hydrogen) atoms. The van der Waals surface area contributed by atoms with Gasteiger partial charge in [0.15, 0.2) is 0 Å². The SMILES string of the molecule is [Ca+2].[Ca+2].[Ca+2].[Ca+2].[Ca+2]. The van der Waals surface area contributed by atoms with Crippen molar-refractivity contribution in [3.05, 3.63) is 0 Å². The maximum atomic E-state index is 0. The van der Waals surface area contributed by atoms with E-state index in [2.05, 4.69) is 0 Å². The second-order valence-electron chi connectivity index (χ2n) is 0. The molecule has 0 fully saturated rings. The molecule has 5 heteroatoms. The van der Waals surface area contributed by atoms with E-state index in [0.29, 0.717) is 0 Å². The van der Waals surface area contributed by atoms with Gasteiger partial charge in [-0.2, -0.15) is 0 Å². The van der Waals surface area contributed by atoms with Gasteiger partial charge in [-0.15, -0.1) is 0 Å². The van der Waals surface area contributed by atoms with Crippen LogP contribution in [0.15, 0.2) is 0 Å². The van der Waals surface area contributed by atoms with Crippen molar-refractivity contribution in [3.63, 3.8) is 0 Å². The normalized spacial score (nSPS) is 0. The maximum Gasteiger partial charge on any atom is 2.00 e. The van der Waals surface area contributed by atoms with Crippen LogP contribution in [0, 0.1) is 0 Å². The molecule has 0 atom stereocenters. The first kappa shape index (κ1) is 30.2. The molecule has 0 saturated carbocycles. The maximum absolute atomic E-state index is 0. The van der Waals surface area contributed by atoms with Crippen LogP contribution in [0.25, 0.3) is 0 Å². The van der Waals surface area contributed by atoms with E-state index in [9.17, 15) is 0 Å². The molecule has 0 radical (unpaired) electrons. The van der Waals surface area contributed by atoms with Crippen LogP contribution >= 0.6 is 0 Å². The van der Waals surface area contributed by atoms with Crippen LogP contribution in [0.5, 0.6) is 0 Å². The molecule has 0 aliphatic rings. The Labute approximate surface area is 182 Å². The molecule has 0 aromatic carbocycles. The fourth-order valence-electron chi connectivity index (χ4n) is 0. The van der Waals surface area contributed by atoms with Gasteiger partial charge in [-0.25, -0.2) is 0 Å². The van der Waals surface area contributed by atoms with Crippen LogP contribution < -0.4 is 0 Å². The minimum atomic E-state index is 0. The summed E-state index contributed by atoms with van der Waals surface area (Å²) >= 11 is 0. The van der Waals surface area contributed by atoms with E-state index in [1.807, 2.05) is 0 Å². The first-order valence-electron chi connectivity index (χ1n) is 0. The Morgan fingerprint density at radius 3 is 0.200 bits per heavy atom. The molecular weight excluding hydrogens is 200 g/mol. The Bertz CT molecular complexity index is 0. The summed E-state index contributed by atoms with van der Waals surface area (Å²) in [6.07, 6.45) is 0. The molecule has 0 unspecified atom stereocenters. The second-order valence-corrected chi connectivity index (χ2v) is 0. The molecule has 0 bridgehead atoms. The molecule has 0 aromatic heterocycles. The second kappa shape index (κ2) is 22.4. The predicted octanol–water partition coefficient (Wildman–Crippen LogP) is -1.90. The predicted molar refractivity (Wildman–Crippen MR) is 28.8 cm³/mol. The molecule has 0 aliphatic heterocycles. The third-order valence-corrected chi connectivity index (χ3v) is 0. The van der Waals surface area contributed by atoms with E-state index in [0.717, 1.165) is 0 Å². The molecule has 0 N–H and O–H groups in total. The molecule has 0 valence electrons. The Balaban J connectivity index is 0. The van der Waals surface area contributed by atoms with Gasteiger partial charge in [-0.1, -0.05) is 0 Å². The van der Waals surface area contributed by atoms with Crippen molar-refractivity contribution >= 4 is 189 Å². The minimum absolute atomic E-state index is 0. The van der Waals surface area contributed by atoms with Gasteiger partial charge in [0, 0.05) is 0 Å². The molecule has 0 amide bonds. The van der Waals surface area contributed by atoms with Gasteiger partial charge >= 0.3 is 189 Å². The van der Waals surface area contributed by atoms with Crippen molar-refractivity contribution in [1.29, 1.82) is 0 Å². The van der Waals surface area contributed by atoms with Gasteiger partial charge in [-0.05, 0) is 0 Å². The van der Waals surface area contributed by atoms with Crippen LogP contribution in [0.3, 0.4) is 0 Å². The van der Waals surface area contributed by atoms with E-state index in [1.165, 1.54) is 0 Å². The van der Waals surface area contributed by atoms with E-state index < -0.39 is 0 Å². The Morgan fingerprint density at radius 1 is 0.200 bits per heavy atom. The number of rotatable bonds is 0. The molecule has 0 spiro atoms. The molecule has 0 nitrogen and oxygen atoms in total. The Hall–Kier alpha value is 6.30. The molecule has 0 aromatic rings. The summed E-state index contributed by atoms with van der Waals surface area (Å²) in [7, 11) is 0. The van der Waals surface area contributed by atoms with Crippen LogP contribution in [0.4, 0.5) is 0 Å². The number of hydrogen-bond donors (Lipinski definition) is 0. The monoisotopic (exact) mass is 200 g/mol. The summed E-state index contributed by atoms with van der Waals surface area (Å²) in [5.41, 5.74) is 0. The molecule has 0 rings (SSSR count). The zero-order chi connectivity index (χ0) is 0.